The smallest absolute Gasteiger partial charge is 0.319 e. The van der Waals surface area contributed by atoms with E-state index in [2.05, 4.69) is 33.2 Å². The summed E-state index contributed by atoms with van der Waals surface area (Å²) in [5.74, 6) is -1.36. The third-order valence-corrected chi connectivity index (χ3v) is 3.45. The molecule has 0 saturated carbocycles. The predicted octanol–water partition coefficient (Wildman–Crippen LogP) is 3.18. The highest BCUT2D eigenvalue weighted by molar-refractivity contribution is 14.1. The van der Waals surface area contributed by atoms with Crippen LogP contribution in [0.25, 0.3) is 0 Å². The minimum Gasteiger partial charge on any atom is -0.481 e. The maximum atomic E-state index is 11.6. The number of carboxylic acids is 1. The second kappa shape index (κ2) is 7.54. The average Bonchev–Trinajstić information content (AvgIpc) is 2.32. The van der Waals surface area contributed by atoms with E-state index in [0.29, 0.717) is 23.7 Å². The standard InChI is InChI=1S/C12H14ClIN2O3/c1-7(11(17)18)4-5-15-12(19)16-10-3-2-8(14)6-9(10)13/h2-3,6-7H,4-5H2,1H3,(H,17,18)(H2,15,16,19). The van der Waals surface area contributed by atoms with E-state index in [1.807, 2.05) is 6.07 Å². The number of rotatable bonds is 5. The van der Waals surface area contributed by atoms with Gasteiger partial charge >= 0.3 is 12.0 Å². The quantitative estimate of drug-likeness (QED) is 0.669. The molecule has 5 nitrogen and oxygen atoms in total. The summed E-state index contributed by atoms with van der Waals surface area (Å²) in [4.78, 5) is 22.2. The fourth-order valence-electron chi connectivity index (χ4n) is 1.28. The van der Waals surface area contributed by atoms with Gasteiger partial charge in [-0.1, -0.05) is 18.5 Å². The Hall–Kier alpha value is -1.02. The van der Waals surface area contributed by atoms with Gasteiger partial charge in [-0.15, -0.1) is 0 Å². The third-order valence-electron chi connectivity index (χ3n) is 2.46. The van der Waals surface area contributed by atoms with E-state index < -0.39 is 17.9 Å². The minimum absolute atomic E-state index is 0.293. The van der Waals surface area contributed by atoms with Gasteiger partial charge in [-0.25, -0.2) is 4.79 Å². The molecule has 0 bridgehead atoms. The molecular weight excluding hydrogens is 383 g/mol. The largest absolute Gasteiger partial charge is 0.481 e. The van der Waals surface area contributed by atoms with Crippen molar-refractivity contribution in [1.29, 1.82) is 0 Å². The van der Waals surface area contributed by atoms with E-state index in [1.165, 1.54) is 0 Å². The first-order valence-corrected chi connectivity index (χ1v) is 7.08. The topological polar surface area (TPSA) is 78.4 Å². The van der Waals surface area contributed by atoms with Crippen molar-refractivity contribution in [3.05, 3.63) is 26.8 Å². The van der Waals surface area contributed by atoms with E-state index in [0.717, 1.165) is 3.57 Å². The predicted molar refractivity (Wildman–Crippen MR) is 82.6 cm³/mol. The normalized spacial score (nSPS) is 11.7. The van der Waals surface area contributed by atoms with Gasteiger partial charge in [0.15, 0.2) is 0 Å². The molecule has 1 aromatic rings. The minimum atomic E-state index is -0.872. The molecule has 0 aliphatic carbocycles. The number of carbonyl (C=O) groups is 2. The van der Waals surface area contributed by atoms with Crippen molar-refractivity contribution in [3.8, 4) is 0 Å². The van der Waals surface area contributed by atoms with Crippen molar-refractivity contribution >= 4 is 51.9 Å². The number of carbonyl (C=O) groups excluding carboxylic acids is 1. The summed E-state index contributed by atoms with van der Waals surface area (Å²) < 4.78 is 0.976. The lowest BCUT2D eigenvalue weighted by molar-refractivity contribution is -0.141. The Labute approximate surface area is 129 Å². The monoisotopic (exact) mass is 396 g/mol. The number of benzene rings is 1. The highest BCUT2D eigenvalue weighted by Crippen LogP contribution is 2.23. The van der Waals surface area contributed by atoms with Gasteiger partial charge in [-0.05, 0) is 47.2 Å². The molecule has 0 spiro atoms. The zero-order chi connectivity index (χ0) is 14.4. The molecule has 0 radical (unpaired) electrons. The number of nitrogens with one attached hydrogen (secondary N) is 2. The first-order chi connectivity index (χ1) is 8.90. The summed E-state index contributed by atoms with van der Waals surface area (Å²) in [6.45, 7) is 1.89. The van der Waals surface area contributed by atoms with Crippen molar-refractivity contribution in [2.75, 3.05) is 11.9 Å². The number of anilines is 1. The summed E-state index contributed by atoms with van der Waals surface area (Å²) in [5.41, 5.74) is 0.519. The van der Waals surface area contributed by atoms with Crippen LogP contribution in [0.15, 0.2) is 18.2 Å². The zero-order valence-electron chi connectivity index (χ0n) is 10.2. The number of urea groups is 1. The Morgan fingerprint density at radius 3 is 2.74 bits per heavy atom. The van der Waals surface area contributed by atoms with Crippen LogP contribution in [0.1, 0.15) is 13.3 Å². The summed E-state index contributed by atoms with van der Waals surface area (Å²) in [6.07, 6.45) is 0.378. The Morgan fingerprint density at radius 2 is 2.16 bits per heavy atom. The number of aliphatic carboxylic acids is 1. The molecule has 1 rings (SSSR count). The molecule has 2 amide bonds. The number of amides is 2. The maximum Gasteiger partial charge on any atom is 0.319 e. The molecular formula is C12H14ClIN2O3. The molecule has 7 heteroatoms. The summed E-state index contributed by atoms with van der Waals surface area (Å²) >= 11 is 8.10. The van der Waals surface area contributed by atoms with Crippen molar-refractivity contribution in [2.24, 2.45) is 5.92 Å². The number of hydrogen-bond acceptors (Lipinski definition) is 2. The number of hydrogen-bond donors (Lipinski definition) is 3. The average molecular weight is 397 g/mol. The molecule has 104 valence electrons. The van der Waals surface area contributed by atoms with Crippen LogP contribution in [0.3, 0.4) is 0 Å². The van der Waals surface area contributed by atoms with Crippen molar-refractivity contribution in [1.82, 2.24) is 5.32 Å². The molecule has 0 aromatic heterocycles. The van der Waals surface area contributed by atoms with Gasteiger partial charge in [0.1, 0.15) is 0 Å². The number of halogens is 2. The van der Waals surface area contributed by atoms with Crippen LogP contribution in [0.4, 0.5) is 10.5 Å². The fourth-order valence-corrected chi connectivity index (χ4v) is 2.19. The fraction of sp³-hybridized carbons (Fsp3) is 0.333. The van der Waals surface area contributed by atoms with Gasteiger partial charge in [0, 0.05) is 10.1 Å². The van der Waals surface area contributed by atoms with Crippen molar-refractivity contribution < 1.29 is 14.7 Å². The van der Waals surface area contributed by atoms with Crippen molar-refractivity contribution in [3.63, 3.8) is 0 Å². The van der Waals surface area contributed by atoms with Crippen LogP contribution in [0.5, 0.6) is 0 Å². The second-order valence-electron chi connectivity index (χ2n) is 4.03. The van der Waals surface area contributed by atoms with Gasteiger partial charge in [0.2, 0.25) is 0 Å². The molecule has 0 saturated heterocycles. The van der Waals surface area contributed by atoms with E-state index in [-0.39, 0.29) is 0 Å². The maximum absolute atomic E-state index is 11.6. The van der Waals surface area contributed by atoms with Gasteiger partial charge in [-0.2, -0.15) is 0 Å². The summed E-state index contributed by atoms with van der Waals surface area (Å²) in [6, 6.07) is 4.88. The molecule has 1 aromatic carbocycles. The number of carboxylic acid groups (broad SMARTS) is 1. The lowest BCUT2D eigenvalue weighted by Crippen LogP contribution is -2.31. The lowest BCUT2D eigenvalue weighted by Gasteiger charge is -2.10. The summed E-state index contributed by atoms with van der Waals surface area (Å²) in [7, 11) is 0. The van der Waals surface area contributed by atoms with Crippen LogP contribution in [-0.4, -0.2) is 23.7 Å². The van der Waals surface area contributed by atoms with Gasteiger partial charge in [-0.3, -0.25) is 4.79 Å². The van der Waals surface area contributed by atoms with E-state index in [9.17, 15) is 9.59 Å². The molecule has 19 heavy (non-hydrogen) atoms. The van der Waals surface area contributed by atoms with Crippen LogP contribution < -0.4 is 10.6 Å². The van der Waals surface area contributed by atoms with Gasteiger partial charge in [0.05, 0.1) is 16.6 Å². The molecule has 0 aliphatic heterocycles. The highest BCUT2D eigenvalue weighted by Gasteiger charge is 2.11. The van der Waals surface area contributed by atoms with Crippen LogP contribution in [-0.2, 0) is 4.79 Å². The second-order valence-corrected chi connectivity index (χ2v) is 5.69. The third kappa shape index (κ3) is 5.65. The summed E-state index contributed by atoms with van der Waals surface area (Å²) in [5, 5.41) is 14.4. The van der Waals surface area contributed by atoms with Crippen molar-refractivity contribution in [2.45, 2.75) is 13.3 Å². The van der Waals surface area contributed by atoms with E-state index in [1.54, 1.807) is 19.1 Å². The first-order valence-electron chi connectivity index (χ1n) is 5.63. The van der Waals surface area contributed by atoms with E-state index >= 15 is 0 Å². The van der Waals surface area contributed by atoms with Gasteiger partial charge in [0.25, 0.3) is 0 Å². The Morgan fingerprint density at radius 1 is 1.47 bits per heavy atom. The van der Waals surface area contributed by atoms with Crippen LogP contribution >= 0.6 is 34.2 Å². The first kappa shape index (κ1) is 16.0. The Balaban J connectivity index is 2.41. The molecule has 0 fully saturated rings. The van der Waals surface area contributed by atoms with Crippen LogP contribution in [0.2, 0.25) is 5.02 Å². The Bertz CT molecular complexity index is 482. The zero-order valence-corrected chi connectivity index (χ0v) is 13.2. The van der Waals surface area contributed by atoms with Crippen LogP contribution in [0, 0.1) is 9.49 Å². The molecule has 0 aliphatic rings. The highest BCUT2D eigenvalue weighted by atomic mass is 127. The Kier molecular flexibility index (Phi) is 6.36. The molecule has 3 N–H and O–H groups in total. The van der Waals surface area contributed by atoms with E-state index in [4.69, 9.17) is 16.7 Å². The molecule has 0 heterocycles. The van der Waals surface area contributed by atoms with Gasteiger partial charge < -0.3 is 15.7 Å². The lowest BCUT2D eigenvalue weighted by atomic mass is 10.1. The SMILES string of the molecule is CC(CCNC(=O)Nc1ccc(I)cc1Cl)C(=O)O. The molecule has 1 atom stereocenters. The molecule has 1 unspecified atom stereocenters.